The molecule has 0 radical (unpaired) electrons. The van der Waals surface area contributed by atoms with E-state index in [1.807, 2.05) is 18.2 Å². The Balaban J connectivity index is 2.25. The van der Waals surface area contributed by atoms with Crippen LogP contribution >= 0.6 is 0 Å². The van der Waals surface area contributed by atoms with Gasteiger partial charge in [0.15, 0.2) is 5.75 Å². The third-order valence-corrected chi connectivity index (χ3v) is 2.21. The first-order chi connectivity index (χ1) is 7.33. The van der Waals surface area contributed by atoms with E-state index < -0.39 is 6.04 Å². The monoisotopic (exact) mass is 208 g/mol. The van der Waals surface area contributed by atoms with E-state index in [-0.39, 0.29) is 12.5 Å². The standard InChI is InChI=1S/C10H12N2O3/c13-6-5-11-9-7-3-1-2-4-8(7)15-12-10(9)14/h1-4,9,11,13H,5-6H2,(H,12,14). The van der Waals surface area contributed by atoms with Gasteiger partial charge >= 0.3 is 0 Å². The third kappa shape index (κ3) is 1.93. The van der Waals surface area contributed by atoms with Gasteiger partial charge in [0, 0.05) is 12.1 Å². The van der Waals surface area contributed by atoms with E-state index in [0.29, 0.717) is 12.3 Å². The summed E-state index contributed by atoms with van der Waals surface area (Å²) in [5.41, 5.74) is 3.10. The SMILES string of the molecule is O=C1NOc2ccccc2C1NCCO. The van der Waals surface area contributed by atoms with Crippen LogP contribution in [-0.4, -0.2) is 24.2 Å². The highest BCUT2D eigenvalue weighted by Gasteiger charge is 2.27. The van der Waals surface area contributed by atoms with Crippen LogP contribution in [0.15, 0.2) is 24.3 Å². The van der Waals surface area contributed by atoms with Crippen molar-refractivity contribution in [2.45, 2.75) is 6.04 Å². The largest absolute Gasteiger partial charge is 0.395 e. The fourth-order valence-electron chi connectivity index (χ4n) is 1.53. The number of aliphatic hydroxyl groups excluding tert-OH is 1. The van der Waals surface area contributed by atoms with Gasteiger partial charge in [0.05, 0.1) is 6.61 Å². The normalized spacial score (nSPS) is 19.0. The second kappa shape index (κ2) is 4.29. The van der Waals surface area contributed by atoms with Crippen molar-refractivity contribution in [3.8, 4) is 5.75 Å². The summed E-state index contributed by atoms with van der Waals surface area (Å²) in [5.74, 6) is 0.384. The first kappa shape index (κ1) is 9.95. The number of nitrogens with one attached hydrogen (secondary N) is 2. The van der Waals surface area contributed by atoms with Crippen LogP contribution in [0.2, 0.25) is 0 Å². The molecular formula is C10H12N2O3. The van der Waals surface area contributed by atoms with Crippen LogP contribution in [-0.2, 0) is 4.79 Å². The van der Waals surface area contributed by atoms with Gasteiger partial charge < -0.3 is 9.94 Å². The minimum Gasteiger partial charge on any atom is -0.395 e. The fraction of sp³-hybridized carbons (Fsp3) is 0.300. The molecule has 1 aromatic rings. The van der Waals surface area contributed by atoms with Crippen LogP contribution < -0.4 is 15.6 Å². The van der Waals surface area contributed by atoms with Crippen molar-refractivity contribution in [1.82, 2.24) is 10.8 Å². The van der Waals surface area contributed by atoms with Gasteiger partial charge in [-0.15, -0.1) is 0 Å². The maximum Gasteiger partial charge on any atom is 0.274 e. The van der Waals surface area contributed by atoms with Crippen LogP contribution in [0.3, 0.4) is 0 Å². The number of hydroxylamine groups is 1. The van der Waals surface area contributed by atoms with Crippen LogP contribution in [0.25, 0.3) is 0 Å². The first-order valence-corrected chi connectivity index (χ1v) is 4.73. The summed E-state index contributed by atoms with van der Waals surface area (Å²) in [4.78, 5) is 16.5. The molecule has 0 bridgehead atoms. The molecule has 1 unspecified atom stereocenters. The number of para-hydroxylation sites is 1. The lowest BCUT2D eigenvalue weighted by molar-refractivity contribution is -0.131. The van der Waals surface area contributed by atoms with Gasteiger partial charge in [-0.1, -0.05) is 18.2 Å². The molecule has 1 atom stereocenters. The number of carbonyl (C=O) groups excluding carboxylic acids is 1. The number of rotatable bonds is 3. The summed E-state index contributed by atoms with van der Waals surface area (Å²) < 4.78 is 0. The molecule has 1 aliphatic heterocycles. The number of hydrogen-bond acceptors (Lipinski definition) is 4. The van der Waals surface area contributed by atoms with Gasteiger partial charge in [-0.25, -0.2) is 0 Å². The molecule has 0 fully saturated rings. The second-order valence-electron chi connectivity index (χ2n) is 3.22. The zero-order valence-electron chi connectivity index (χ0n) is 8.06. The maximum atomic E-state index is 11.5. The topological polar surface area (TPSA) is 70.6 Å². The number of amides is 1. The lowest BCUT2D eigenvalue weighted by Crippen LogP contribution is -2.43. The van der Waals surface area contributed by atoms with Gasteiger partial charge in [-0.2, -0.15) is 5.48 Å². The minimum atomic E-state index is -0.456. The molecule has 5 nitrogen and oxygen atoms in total. The van der Waals surface area contributed by atoms with Gasteiger partial charge in [-0.3, -0.25) is 10.1 Å². The first-order valence-electron chi connectivity index (χ1n) is 4.73. The van der Waals surface area contributed by atoms with E-state index in [1.165, 1.54) is 0 Å². The second-order valence-corrected chi connectivity index (χ2v) is 3.22. The third-order valence-electron chi connectivity index (χ3n) is 2.21. The highest BCUT2D eigenvalue weighted by atomic mass is 16.7. The minimum absolute atomic E-state index is 0.00714. The molecule has 0 aliphatic carbocycles. The number of fused-ring (bicyclic) bond motifs is 1. The van der Waals surface area contributed by atoms with E-state index in [9.17, 15) is 4.79 Å². The Bertz CT molecular complexity index is 367. The Labute approximate surface area is 87.0 Å². The predicted molar refractivity (Wildman–Crippen MR) is 53.0 cm³/mol. The Morgan fingerprint density at radius 3 is 3.07 bits per heavy atom. The zero-order chi connectivity index (χ0) is 10.7. The van der Waals surface area contributed by atoms with Crippen molar-refractivity contribution in [3.63, 3.8) is 0 Å². The molecule has 2 rings (SSSR count). The summed E-state index contributed by atoms with van der Waals surface area (Å²) in [5, 5.41) is 11.6. The summed E-state index contributed by atoms with van der Waals surface area (Å²) >= 11 is 0. The Morgan fingerprint density at radius 1 is 1.47 bits per heavy atom. The smallest absolute Gasteiger partial charge is 0.274 e. The molecule has 15 heavy (non-hydrogen) atoms. The molecule has 0 saturated carbocycles. The Hall–Kier alpha value is -1.59. The van der Waals surface area contributed by atoms with Gasteiger partial charge in [-0.05, 0) is 6.07 Å². The molecule has 0 saturated heterocycles. The van der Waals surface area contributed by atoms with Crippen LogP contribution in [0, 0.1) is 0 Å². The van der Waals surface area contributed by atoms with Crippen molar-refractivity contribution in [1.29, 1.82) is 0 Å². The van der Waals surface area contributed by atoms with E-state index in [2.05, 4.69) is 10.8 Å². The van der Waals surface area contributed by atoms with Gasteiger partial charge in [0.1, 0.15) is 6.04 Å². The molecule has 1 amide bonds. The van der Waals surface area contributed by atoms with E-state index in [1.54, 1.807) is 6.07 Å². The molecule has 80 valence electrons. The maximum absolute atomic E-state index is 11.5. The average molecular weight is 208 g/mol. The number of aliphatic hydroxyl groups is 1. The molecule has 0 spiro atoms. The van der Waals surface area contributed by atoms with Crippen molar-refractivity contribution in [2.24, 2.45) is 0 Å². The molecule has 3 N–H and O–H groups in total. The van der Waals surface area contributed by atoms with E-state index >= 15 is 0 Å². The summed E-state index contributed by atoms with van der Waals surface area (Å²) in [6.07, 6.45) is 0. The van der Waals surface area contributed by atoms with Crippen LogP contribution in [0.4, 0.5) is 0 Å². The van der Waals surface area contributed by atoms with E-state index in [0.717, 1.165) is 5.56 Å². The van der Waals surface area contributed by atoms with Crippen molar-refractivity contribution in [3.05, 3.63) is 29.8 Å². The number of carbonyl (C=O) groups is 1. The zero-order valence-corrected chi connectivity index (χ0v) is 8.06. The molecule has 0 aromatic heterocycles. The van der Waals surface area contributed by atoms with Crippen molar-refractivity contribution >= 4 is 5.91 Å². The lowest BCUT2D eigenvalue weighted by atomic mass is 10.0. The highest BCUT2D eigenvalue weighted by molar-refractivity contribution is 5.84. The highest BCUT2D eigenvalue weighted by Crippen LogP contribution is 2.27. The Morgan fingerprint density at radius 2 is 2.27 bits per heavy atom. The number of hydrogen-bond donors (Lipinski definition) is 3. The summed E-state index contributed by atoms with van der Waals surface area (Å²) in [6.45, 7) is 0.360. The number of benzene rings is 1. The van der Waals surface area contributed by atoms with Crippen molar-refractivity contribution < 1.29 is 14.7 Å². The molecular weight excluding hydrogens is 196 g/mol. The summed E-state index contributed by atoms with van der Waals surface area (Å²) in [7, 11) is 0. The van der Waals surface area contributed by atoms with Gasteiger partial charge in [0.2, 0.25) is 0 Å². The quantitative estimate of drug-likeness (QED) is 0.639. The Kier molecular flexibility index (Phi) is 2.84. The average Bonchev–Trinajstić information content (AvgIpc) is 2.28. The molecule has 5 heteroatoms. The molecule has 1 heterocycles. The lowest BCUT2D eigenvalue weighted by Gasteiger charge is -2.25. The fourth-order valence-corrected chi connectivity index (χ4v) is 1.53. The van der Waals surface area contributed by atoms with Crippen molar-refractivity contribution in [2.75, 3.05) is 13.2 Å². The van der Waals surface area contributed by atoms with Crippen LogP contribution in [0.5, 0.6) is 5.75 Å². The van der Waals surface area contributed by atoms with Crippen LogP contribution in [0.1, 0.15) is 11.6 Å². The molecule has 1 aliphatic rings. The van der Waals surface area contributed by atoms with Gasteiger partial charge in [0.25, 0.3) is 5.91 Å². The molecule has 1 aromatic carbocycles. The predicted octanol–water partition coefficient (Wildman–Crippen LogP) is -0.267. The summed E-state index contributed by atoms with van der Waals surface area (Å²) in [6, 6.07) is 6.82. The van der Waals surface area contributed by atoms with E-state index in [4.69, 9.17) is 9.94 Å².